The smallest absolute Gasteiger partial charge is 0.178 e. The molecule has 1 aromatic carbocycles. The zero-order chi connectivity index (χ0) is 10.7. The van der Waals surface area contributed by atoms with Crippen molar-refractivity contribution in [3.05, 3.63) is 33.7 Å². The molecule has 1 heterocycles. The average Bonchev–Trinajstić information content (AvgIpc) is 2.73. The summed E-state index contributed by atoms with van der Waals surface area (Å²) in [5.41, 5.74) is 2.33. The molecule has 6 heteroatoms. The van der Waals surface area contributed by atoms with E-state index in [1.807, 2.05) is 12.1 Å². The quantitative estimate of drug-likeness (QED) is 0.816. The molecule has 0 bridgehead atoms. The Morgan fingerprint density at radius 3 is 3.00 bits per heavy atom. The highest BCUT2D eigenvalue weighted by Gasteiger charge is 2.06. The first kappa shape index (κ1) is 10.8. The summed E-state index contributed by atoms with van der Waals surface area (Å²) in [6.45, 7) is 0. The Kier molecular flexibility index (Phi) is 3.50. The van der Waals surface area contributed by atoms with Gasteiger partial charge in [0.15, 0.2) is 10.6 Å². The predicted molar refractivity (Wildman–Crippen MR) is 63.6 cm³/mol. The van der Waals surface area contributed by atoms with E-state index < -0.39 is 0 Å². The lowest BCUT2D eigenvalue weighted by Crippen LogP contribution is -1.84. The largest absolute Gasteiger partial charge is 0.298 e. The Hall–Kier alpha value is -0.720. The van der Waals surface area contributed by atoms with E-state index in [4.69, 9.17) is 0 Å². The molecule has 0 amide bonds. The Balaban J connectivity index is 2.32. The Bertz CT molecular complexity index is 473. The first-order valence-corrected chi connectivity index (χ1v) is 6.47. The number of benzene rings is 1. The SMILES string of the molecule is O=Cc1cc(Br)ccc1Sc1nncs1. The summed E-state index contributed by atoms with van der Waals surface area (Å²) in [7, 11) is 0. The van der Waals surface area contributed by atoms with Crippen LogP contribution in [0, 0.1) is 0 Å². The van der Waals surface area contributed by atoms with E-state index in [-0.39, 0.29) is 0 Å². The van der Waals surface area contributed by atoms with Gasteiger partial charge in [-0.15, -0.1) is 10.2 Å². The van der Waals surface area contributed by atoms with Gasteiger partial charge >= 0.3 is 0 Å². The summed E-state index contributed by atoms with van der Waals surface area (Å²) in [6.07, 6.45) is 0.841. The third-order valence-electron chi connectivity index (χ3n) is 1.64. The fraction of sp³-hybridized carbons (Fsp3) is 0. The second-order valence-electron chi connectivity index (χ2n) is 2.61. The van der Waals surface area contributed by atoms with Gasteiger partial charge in [0.05, 0.1) is 0 Å². The van der Waals surface area contributed by atoms with Gasteiger partial charge in [0.1, 0.15) is 5.51 Å². The molecule has 3 nitrogen and oxygen atoms in total. The van der Waals surface area contributed by atoms with Crippen molar-refractivity contribution in [3.63, 3.8) is 0 Å². The van der Waals surface area contributed by atoms with Crippen LogP contribution >= 0.6 is 39.0 Å². The monoisotopic (exact) mass is 300 g/mol. The van der Waals surface area contributed by atoms with Crippen LogP contribution in [-0.2, 0) is 0 Å². The number of carbonyl (C=O) groups excluding carboxylic acids is 1. The molecule has 1 aromatic heterocycles. The molecule has 2 rings (SSSR count). The van der Waals surface area contributed by atoms with Gasteiger partial charge in [-0.25, -0.2) is 0 Å². The lowest BCUT2D eigenvalue weighted by molar-refractivity contribution is 0.112. The van der Waals surface area contributed by atoms with Crippen molar-refractivity contribution >= 4 is 45.3 Å². The molecule has 0 unspecified atom stereocenters. The van der Waals surface area contributed by atoms with E-state index in [0.717, 1.165) is 20.0 Å². The average molecular weight is 301 g/mol. The summed E-state index contributed by atoms with van der Waals surface area (Å²) in [5.74, 6) is 0. The van der Waals surface area contributed by atoms with Crippen molar-refractivity contribution in [1.82, 2.24) is 10.2 Å². The normalized spacial score (nSPS) is 10.2. The maximum Gasteiger partial charge on any atom is 0.178 e. The maximum absolute atomic E-state index is 10.8. The number of hydrogen-bond donors (Lipinski definition) is 0. The third-order valence-corrected chi connectivity index (χ3v) is 4.00. The number of hydrogen-bond acceptors (Lipinski definition) is 5. The van der Waals surface area contributed by atoms with Crippen molar-refractivity contribution in [2.24, 2.45) is 0 Å². The maximum atomic E-state index is 10.8. The fourth-order valence-electron chi connectivity index (χ4n) is 1.01. The topological polar surface area (TPSA) is 42.9 Å². The first-order valence-electron chi connectivity index (χ1n) is 3.98. The van der Waals surface area contributed by atoms with Crippen LogP contribution in [0.1, 0.15) is 10.4 Å². The number of aromatic nitrogens is 2. The number of halogens is 1. The number of rotatable bonds is 3. The molecule has 0 atom stereocenters. The van der Waals surface area contributed by atoms with Crippen molar-refractivity contribution in [3.8, 4) is 0 Å². The summed E-state index contributed by atoms with van der Waals surface area (Å²) >= 11 is 6.22. The van der Waals surface area contributed by atoms with Gasteiger partial charge in [0, 0.05) is 14.9 Å². The number of carbonyl (C=O) groups is 1. The minimum Gasteiger partial charge on any atom is -0.298 e. The molecular formula is C9H5BrN2OS2. The standard InChI is InChI=1S/C9H5BrN2OS2/c10-7-1-2-8(6(3-7)4-13)15-9-12-11-5-14-9/h1-5H. The van der Waals surface area contributed by atoms with Gasteiger partial charge in [-0.2, -0.15) is 0 Å². The minimum absolute atomic E-state index is 0.657. The fourth-order valence-corrected chi connectivity index (χ4v) is 2.89. The van der Waals surface area contributed by atoms with E-state index in [0.29, 0.717) is 5.56 Å². The van der Waals surface area contributed by atoms with Crippen LogP contribution in [0.5, 0.6) is 0 Å². The van der Waals surface area contributed by atoms with Crippen LogP contribution in [0.2, 0.25) is 0 Å². The molecule has 0 aliphatic rings. The van der Waals surface area contributed by atoms with Crippen molar-refractivity contribution in [2.75, 3.05) is 0 Å². The highest BCUT2D eigenvalue weighted by molar-refractivity contribution is 9.10. The molecule has 0 saturated carbocycles. The van der Waals surface area contributed by atoms with Crippen LogP contribution in [0.4, 0.5) is 0 Å². The van der Waals surface area contributed by atoms with Crippen molar-refractivity contribution in [1.29, 1.82) is 0 Å². The van der Waals surface area contributed by atoms with Crippen LogP contribution in [-0.4, -0.2) is 16.5 Å². The van der Waals surface area contributed by atoms with Gasteiger partial charge in [-0.1, -0.05) is 39.0 Å². The van der Waals surface area contributed by atoms with Crippen LogP contribution in [0.25, 0.3) is 0 Å². The molecule has 0 N–H and O–H groups in total. The van der Waals surface area contributed by atoms with E-state index in [1.165, 1.54) is 23.1 Å². The summed E-state index contributed by atoms with van der Waals surface area (Å²) < 4.78 is 1.73. The molecule has 0 radical (unpaired) electrons. The van der Waals surface area contributed by atoms with Gasteiger partial charge in [0.25, 0.3) is 0 Å². The van der Waals surface area contributed by atoms with Crippen LogP contribution < -0.4 is 0 Å². The lowest BCUT2D eigenvalue weighted by Gasteiger charge is -2.01. The van der Waals surface area contributed by atoms with E-state index in [9.17, 15) is 4.79 Å². The third kappa shape index (κ3) is 2.64. The van der Waals surface area contributed by atoms with E-state index in [1.54, 1.807) is 11.6 Å². The summed E-state index contributed by atoms with van der Waals surface area (Å²) in [6, 6.07) is 5.58. The second-order valence-corrected chi connectivity index (χ2v) is 5.64. The number of nitrogens with zero attached hydrogens (tertiary/aromatic N) is 2. The molecular weight excluding hydrogens is 296 g/mol. The van der Waals surface area contributed by atoms with Gasteiger partial charge < -0.3 is 0 Å². The Morgan fingerprint density at radius 2 is 2.33 bits per heavy atom. The lowest BCUT2D eigenvalue weighted by atomic mass is 10.2. The van der Waals surface area contributed by atoms with Crippen LogP contribution in [0.3, 0.4) is 0 Å². The van der Waals surface area contributed by atoms with Crippen LogP contribution in [0.15, 0.2) is 37.4 Å². The predicted octanol–water partition coefficient (Wildman–Crippen LogP) is 3.26. The van der Waals surface area contributed by atoms with Gasteiger partial charge in [-0.3, -0.25) is 4.79 Å². The summed E-state index contributed by atoms with van der Waals surface area (Å²) in [4.78, 5) is 11.7. The molecule has 2 aromatic rings. The van der Waals surface area contributed by atoms with Crippen molar-refractivity contribution < 1.29 is 4.79 Å². The van der Waals surface area contributed by atoms with E-state index >= 15 is 0 Å². The minimum atomic E-state index is 0.657. The second kappa shape index (κ2) is 4.87. The Labute approximate surface area is 103 Å². The zero-order valence-electron chi connectivity index (χ0n) is 7.38. The van der Waals surface area contributed by atoms with Gasteiger partial charge in [0.2, 0.25) is 0 Å². The molecule has 0 aliphatic heterocycles. The molecule has 0 spiro atoms. The highest BCUT2D eigenvalue weighted by Crippen LogP contribution is 2.31. The Morgan fingerprint density at radius 1 is 1.47 bits per heavy atom. The molecule has 0 fully saturated rings. The first-order chi connectivity index (χ1) is 7.29. The van der Waals surface area contributed by atoms with Crippen molar-refractivity contribution in [2.45, 2.75) is 9.24 Å². The van der Waals surface area contributed by atoms with Gasteiger partial charge in [-0.05, 0) is 18.2 Å². The highest BCUT2D eigenvalue weighted by atomic mass is 79.9. The summed E-state index contributed by atoms with van der Waals surface area (Å²) in [5, 5.41) is 7.65. The molecule has 0 saturated heterocycles. The van der Waals surface area contributed by atoms with E-state index in [2.05, 4.69) is 26.1 Å². The zero-order valence-corrected chi connectivity index (χ0v) is 10.6. The molecule has 76 valence electrons. The molecule has 0 aliphatic carbocycles. The number of aldehydes is 1. The molecule has 15 heavy (non-hydrogen) atoms.